The topological polar surface area (TPSA) is 105 Å². The number of thioether (sulfide) groups is 2. The van der Waals surface area contributed by atoms with E-state index in [1.807, 2.05) is 75.4 Å². The molecule has 0 unspecified atom stereocenters. The normalized spacial score (nSPS) is 14.1. The zero-order valence-electron chi connectivity index (χ0n) is 41.1. The predicted octanol–water partition coefficient (Wildman–Crippen LogP) is 10.7. The first-order chi connectivity index (χ1) is 32.5. The van der Waals surface area contributed by atoms with Crippen molar-refractivity contribution < 1.29 is 14.3 Å². The number of benzene rings is 6. The number of fused-ring (bicyclic) bond motifs is 2. The van der Waals surface area contributed by atoms with Gasteiger partial charge in [-0.3, -0.25) is 9.59 Å². The standard InChI is InChI=1S/C28H32N4OS.C27H30N4O2S/c1-7-26(33)30-27-29-25-17-8-19(2)18-24(25)28(34-27,20-9-13-22(14-10-20)31(3)4)21-11-15-23(16-12-21)32(5)6;1-18(32)28-26-29-25-16-15-23(33-6)17-24(25)27(34-26,19-7-11-21(12-8-19)30(2)3)20-9-13-22(14-10-20)31(4)5/h8-18H,7H2,1-6H3,(H,29,30,33);7-17H,1-6H3,(H,28,29,32). The lowest BCUT2D eigenvalue weighted by Gasteiger charge is -2.39. The van der Waals surface area contributed by atoms with Gasteiger partial charge in [0.1, 0.15) is 15.2 Å². The van der Waals surface area contributed by atoms with E-state index in [1.54, 1.807) is 18.9 Å². The molecule has 68 heavy (non-hydrogen) atoms. The first-order valence-electron chi connectivity index (χ1n) is 22.5. The van der Waals surface area contributed by atoms with E-state index in [4.69, 9.17) is 14.7 Å². The highest BCUT2D eigenvalue weighted by molar-refractivity contribution is 8.15. The summed E-state index contributed by atoms with van der Waals surface area (Å²) in [6, 6.07) is 46.7. The number of hydrogen-bond acceptors (Lipinski definition) is 11. The predicted molar refractivity (Wildman–Crippen MR) is 289 cm³/mol. The molecule has 0 aliphatic carbocycles. The summed E-state index contributed by atoms with van der Waals surface area (Å²) in [5, 5.41) is 7.16. The molecule has 2 heterocycles. The number of nitrogens with zero attached hydrogens (tertiary/aromatic N) is 6. The number of methoxy groups -OCH3 is 1. The molecule has 352 valence electrons. The monoisotopic (exact) mass is 946 g/mol. The number of anilines is 4. The van der Waals surface area contributed by atoms with Crippen LogP contribution in [0.25, 0.3) is 0 Å². The molecule has 2 amide bonds. The fraction of sp³-hybridized carbons (Fsp3) is 0.273. The highest BCUT2D eigenvalue weighted by Crippen LogP contribution is 2.57. The van der Waals surface area contributed by atoms with Gasteiger partial charge in [0, 0.05) is 104 Å². The van der Waals surface area contributed by atoms with E-state index in [2.05, 4.69) is 158 Å². The van der Waals surface area contributed by atoms with Crippen molar-refractivity contribution in [2.45, 2.75) is 36.7 Å². The zero-order chi connectivity index (χ0) is 48.9. The van der Waals surface area contributed by atoms with Gasteiger partial charge in [0.25, 0.3) is 0 Å². The van der Waals surface area contributed by atoms with Crippen LogP contribution in [-0.2, 0) is 19.1 Å². The Kier molecular flexibility index (Phi) is 15.0. The van der Waals surface area contributed by atoms with E-state index < -0.39 is 9.49 Å². The highest BCUT2D eigenvalue weighted by Gasteiger charge is 2.45. The van der Waals surface area contributed by atoms with Gasteiger partial charge in [0.2, 0.25) is 11.8 Å². The first-order valence-corrected chi connectivity index (χ1v) is 24.2. The van der Waals surface area contributed by atoms with Gasteiger partial charge < -0.3 is 35.0 Å². The van der Waals surface area contributed by atoms with Crippen LogP contribution in [0.4, 0.5) is 34.1 Å². The first kappa shape index (κ1) is 49.2. The van der Waals surface area contributed by atoms with Gasteiger partial charge in [-0.15, -0.1) is 0 Å². The van der Waals surface area contributed by atoms with Gasteiger partial charge >= 0.3 is 0 Å². The number of nitrogens with one attached hydrogen (secondary N) is 2. The third-order valence-electron chi connectivity index (χ3n) is 12.1. The third kappa shape index (κ3) is 10.1. The molecule has 2 aliphatic heterocycles. The second kappa shape index (κ2) is 20.7. The van der Waals surface area contributed by atoms with Crippen LogP contribution in [0.15, 0.2) is 143 Å². The molecule has 2 aliphatic rings. The number of aliphatic imine (C=N–C) groups is 2. The molecule has 6 aromatic carbocycles. The van der Waals surface area contributed by atoms with E-state index in [1.165, 1.54) is 24.2 Å². The molecule has 11 nitrogen and oxygen atoms in total. The van der Waals surface area contributed by atoms with Crippen molar-refractivity contribution in [2.24, 2.45) is 9.98 Å². The number of carbonyl (C=O) groups excluding carboxylic acids is 2. The lowest BCUT2D eigenvalue weighted by atomic mass is 9.82. The molecule has 2 N–H and O–H groups in total. The van der Waals surface area contributed by atoms with Gasteiger partial charge in [0.15, 0.2) is 10.3 Å². The van der Waals surface area contributed by atoms with Crippen LogP contribution in [-0.4, -0.2) is 85.6 Å². The van der Waals surface area contributed by atoms with Gasteiger partial charge in [-0.25, -0.2) is 9.98 Å². The molecule has 0 spiro atoms. The number of aryl methyl sites for hydroxylation is 1. The summed E-state index contributed by atoms with van der Waals surface area (Å²) in [5.74, 6) is 0.571. The van der Waals surface area contributed by atoms with E-state index >= 15 is 0 Å². The van der Waals surface area contributed by atoms with Gasteiger partial charge in [-0.1, -0.05) is 96.7 Å². The van der Waals surface area contributed by atoms with Crippen molar-refractivity contribution in [3.8, 4) is 5.75 Å². The fourth-order valence-corrected chi connectivity index (χ4v) is 11.1. The minimum Gasteiger partial charge on any atom is -0.497 e. The molecular weight excluding hydrogens is 885 g/mol. The van der Waals surface area contributed by atoms with Crippen LogP contribution in [0.3, 0.4) is 0 Å². The van der Waals surface area contributed by atoms with Gasteiger partial charge in [-0.2, -0.15) is 0 Å². The number of ether oxygens (including phenoxy) is 1. The van der Waals surface area contributed by atoms with Crippen molar-refractivity contribution in [2.75, 3.05) is 83.1 Å². The molecule has 13 heteroatoms. The number of rotatable bonds is 10. The lowest BCUT2D eigenvalue weighted by Crippen LogP contribution is -2.36. The summed E-state index contributed by atoms with van der Waals surface area (Å²) in [7, 11) is 18.0. The Morgan fingerprint density at radius 2 is 0.882 bits per heavy atom. The SMILES string of the molecule is CCC(=O)NC1=Nc2ccc(C)cc2C(c2ccc(N(C)C)cc2)(c2ccc(N(C)C)cc2)S1.COc1ccc2c(c1)C(c1ccc(N(C)C)cc1)(c1ccc(N(C)C)cc1)SC(NC(C)=O)=N2. The Balaban J connectivity index is 0.000000201. The molecular formula is C55H62N8O3S2. The van der Waals surface area contributed by atoms with Crippen molar-refractivity contribution in [3.05, 3.63) is 172 Å². The van der Waals surface area contributed by atoms with Crippen LogP contribution in [0, 0.1) is 6.92 Å². The Labute approximate surface area is 410 Å². The average Bonchev–Trinajstić information content (AvgIpc) is 3.33. The second-order valence-corrected chi connectivity index (χ2v) is 20.1. The fourth-order valence-electron chi connectivity index (χ4n) is 8.35. The Morgan fingerprint density at radius 1 is 0.529 bits per heavy atom. The summed E-state index contributed by atoms with van der Waals surface area (Å²) in [6.07, 6.45) is 0.405. The summed E-state index contributed by atoms with van der Waals surface area (Å²) in [5.41, 5.74) is 14.0. The minimum absolute atomic E-state index is 0.0402. The summed E-state index contributed by atoms with van der Waals surface area (Å²) in [6.45, 7) is 5.47. The summed E-state index contributed by atoms with van der Waals surface area (Å²) >= 11 is 3.14. The Hall–Kier alpha value is -6.70. The van der Waals surface area contributed by atoms with Crippen molar-refractivity contribution in [1.29, 1.82) is 0 Å². The van der Waals surface area contributed by atoms with Crippen LogP contribution < -0.4 is 35.0 Å². The molecule has 0 aromatic heterocycles. The highest BCUT2D eigenvalue weighted by atomic mass is 32.2. The summed E-state index contributed by atoms with van der Waals surface area (Å²) in [4.78, 5) is 42.3. The molecule has 6 aromatic rings. The van der Waals surface area contributed by atoms with Crippen LogP contribution in [0.1, 0.15) is 59.2 Å². The van der Waals surface area contributed by atoms with Crippen LogP contribution in [0.2, 0.25) is 0 Å². The number of amides is 2. The minimum atomic E-state index is -0.640. The molecule has 0 saturated heterocycles. The molecule has 0 radical (unpaired) electrons. The number of hydrogen-bond donors (Lipinski definition) is 2. The third-order valence-corrected chi connectivity index (χ3v) is 14.8. The maximum Gasteiger partial charge on any atom is 0.225 e. The summed E-state index contributed by atoms with van der Waals surface area (Å²) < 4.78 is 4.40. The van der Waals surface area contributed by atoms with Crippen molar-refractivity contribution >= 4 is 79.8 Å². The van der Waals surface area contributed by atoms with E-state index in [9.17, 15) is 9.59 Å². The smallest absolute Gasteiger partial charge is 0.225 e. The Morgan fingerprint density at radius 3 is 1.22 bits per heavy atom. The lowest BCUT2D eigenvalue weighted by molar-refractivity contribution is -0.119. The molecule has 0 fully saturated rings. The largest absolute Gasteiger partial charge is 0.497 e. The van der Waals surface area contributed by atoms with Crippen molar-refractivity contribution in [1.82, 2.24) is 10.6 Å². The van der Waals surface area contributed by atoms with Gasteiger partial charge in [0.05, 0.1) is 18.5 Å². The van der Waals surface area contributed by atoms with Crippen molar-refractivity contribution in [3.63, 3.8) is 0 Å². The molecule has 8 rings (SSSR count). The number of amidine groups is 2. The van der Waals surface area contributed by atoms with Gasteiger partial charge in [-0.05, 0) is 102 Å². The quantitative estimate of drug-likeness (QED) is 0.139. The maximum absolute atomic E-state index is 12.4. The zero-order valence-corrected chi connectivity index (χ0v) is 42.8. The van der Waals surface area contributed by atoms with Crippen LogP contribution >= 0.6 is 23.5 Å². The van der Waals surface area contributed by atoms with E-state index in [0.29, 0.717) is 16.8 Å². The second-order valence-electron chi connectivity index (χ2n) is 17.7. The molecule has 0 saturated carbocycles. The number of carbonyl (C=O) groups is 2. The Bertz CT molecular complexity index is 2720. The van der Waals surface area contributed by atoms with Crippen LogP contribution in [0.5, 0.6) is 5.75 Å². The molecule has 0 bridgehead atoms. The van der Waals surface area contributed by atoms with E-state index in [-0.39, 0.29) is 11.8 Å². The molecule has 0 atom stereocenters. The van der Waals surface area contributed by atoms with E-state index in [0.717, 1.165) is 73.3 Å². The average molecular weight is 947 g/mol. The maximum atomic E-state index is 12.4.